The van der Waals surface area contributed by atoms with Crippen LogP contribution in [0.2, 0.25) is 0 Å². The van der Waals surface area contributed by atoms with Crippen molar-refractivity contribution in [3.8, 4) is 11.5 Å². The number of hydrogen-bond acceptors (Lipinski definition) is 3. The van der Waals surface area contributed by atoms with Crippen molar-refractivity contribution in [3.63, 3.8) is 0 Å². The Morgan fingerprint density at radius 3 is 2.39 bits per heavy atom. The van der Waals surface area contributed by atoms with Crippen molar-refractivity contribution in [1.82, 2.24) is 0 Å². The fraction of sp³-hybridized carbons (Fsp3) is 0.571. The van der Waals surface area contributed by atoms with Crippen molar-refractivity contribution in [1.29, 1.82) is 0 Å². The van der Waals surface area contributed by atoms with E-state index in [0.717, 1.165) is 28.8 Å². The molecule has 0 aliphatic heterocycles. The lowest BCUT2D eigenvalue weighted by Crippen LogP contribution is -2.21. The fourth-order valence-electron chi connectivity index (χ4n) is 1.73. The molecule has 0 aliphatic carbocycles. The first kappa shape index (κ1) is 15.3. The van der Waals surface area contributed by atoms with E-state index in [1.807, 2.05) is 19.9 Å². The molecular weight excluding hydrogens is 294 g/mol. The molecule has 18 heavy (non-hydrogen) atoms. The van der Waals surface area contributed by atoms with Crippen LogP contribution in [-0.4, -0.2) is 19.3 Å². The summed E-state index contributed by atoms with van der Waals surface area (Å²) < 4.78 is 12.2. The topological polar surface area (TPSA) is 44.5 Å². The quantitative estimate of drug-likeness (QED) is 0.837. The molecule has 0 radical (unpaired) electrons. The zero-order valence-corrected chi connectivity index (χ0v) is 12.9. The number of benzene rings is 1. The number of halogens is 1. The summed E-state index contributed by atoms with van der Waals surface area (Å²) in [5, 5.41) is 0. The third-order valence-electron chi connectivity index (χ3n) is 2.68. The molecule has 0 saturated carbocycles. The molecule has 0 heterocycles. The summed E-state index contributed by atoms with van der Waals surface area (Å²) in [7, 11) is 0. The standard InChI is InChI=1S/C14H22BrNO2/c1-4-11(16)7-10-8-12(15)14(18-6-3)13(9-10)17-5-2/h8-9,11H,4-7,16H2,1-3H3. The zero-order chi connectivity index (χ0) is 13.5. The molecular formula is C14H22BrNO2. The monoisotopic (exact) mass is 315 g/mol. The van der Waals surface area contributed by atoms with Gasteiger partial charge in [-0.2, -0.15) is 0 Å². The number of hydrogen-bond donors (Lipinski definition) is 1. The van der Waals surface area contributed by atoms with Gasteiger partial charge in [-0.1, -0.05) is 6.92 Å². The van der Waals surface area contributed by atoms with Crippen molar-refractivity contribution in [3.05, 3.63) is 22.2 Å². The summed E-state index contributed by atoms with van der Waals surface area (Å²) in [6.07, 6.45) is 1.82. The van der Waals surface area contributed by atoms with Gasteiger partial charge in [-0.05, 0) is 60.3 Å². The van der Waals surface area contributed by atoms with Crippen LogP contribution in [0.1, 0.15) is 32.8 Å². The lowest BCUT2D eigenvalue weighted by Gasteiger charge is -2.16. The SMILES string of the molecule is CCOc1cc(CC(N)CC)cc(Br)c1OCC. The molecule has 0 fully saturated rings. The Bertz CT molecular complexity index is 382. The van der Waals surface area contributed by atoms with Gasteiger partial charge in [0.25, 0.3) is 0 Å². The highest BCUT2D eigenvalue weighted by molar-refractivity contribution is 9.10. The van der Waals surface area contributed by atoms with Gasteiger partial charge in [-0.3, -0.25) is 0 Å². The van der Waals surface area contributed by atoms with E-state index in [-0.39, 0.29) is 6.04 Å². The molecule has 102 valence electrons. The molecule has 1 unspecified atom stereocenters. The van der Waals surface area contributed by atoms with Crippen LogP contribution in [0.3, 0.4) is 0 Å². The summed E-state index contributed by atoms with van der Waals surface area (Å²) in [5.41, 5.74) is 7.16. The van der Waals surface area contributed by atoms with Crippen LogP contribution in [0, 0.1) is 0 Å². The second-order valence-corrected chi connectivity index (χ2v) is 5.00. The fourth-order valence-corrected chi connectivity index (χ4v) is 2.34. The third-order valence-corrected chi connectivity index (χ3v) is 3.27. The molecule has 0 aliphatic rings. The minimum atomic E-state index is 0.185. The van der Waals surface area contributed by atoms with Crippen LogP contribution >= 0.6 is 15.9 Å². The van der Waals surface area contributed by atoms with Gasteiger partial charge in [-0.15, -0.1) is 0 Å². The molecule has 0 saturated heterocycles. The van der Waals surface area contributed by atoms with Crippen LogP contribution in [0.5, 0.6) is 11.5 Å². The summed E-state index contributed by atoms with van der Waals surface area (Å²) in [5.74, 6) is 1.56. The minimum Gasteiger partial charge on any atom is -0.490 e. The van der Waals surface area contributed by atoms with Crippen molar-refractivity contribution in [2.24, 2.45) is 5.73 Å². The lowest BCUT2D eigenvalue weighted by atomic mass is 10.0. The second-order valence-electron chi connectivity index (χ2n) is 4.14. The van der Waals surface area contributed by atoms with Gasteiger partial charge in [-0.25, -0.2) is 0 Å². The average Bonchev–Trinajstić information content (AvgIpc) is 2.34. The van der Waals surface area contributed by atoms with E-state index < -0.39 is 0 Å². The average molecular weight is 316 g/mol. The van der Waals surface area contributed by atoms with Gasteiger partial charge in [0.1, 0.15) is 0 Å². The minimum absolute atomic E-state index is 0.185. The Hall–Kier alpha value is -0.740. The Morgan fingerprint density at radius 2 is 1.83 bits per heavy atom. The number of ether oxygens (including phenoxy) is 2. The molecule has 3 nitrogen and oxygen atoms in total. The molecule has 4 heteroatoms. The largest absolute Gasteiger partial charge is 0.490 e. The lowest BCUT2D eigenvalue weighted by molar-refractivity contribution is 0.286. The van der Waals surface area contributed by atoms with Gasteiger partial charge < -0.3 is 15.2 Å². The first-order valence-corrected chi connectivity index (χ1v) is 7.25. The van der Waals surface area contributed by atoms with Gasteiger partial charge in [0.05, 0.1) is 17.7 Å². The van der Waals surface area contributed by atoms with Gasteiger partial charge in [0.15, 0.2) is 11.5 Å². The normalized spacial score (nSPS) is 12.3. The molecule has 0 bridgehead atoms. The summed E-state index contributed by atoms with van der Waals surface area (Å²) >= 11 is 3.54. The predicted molar refractivity (Wildman–Crippen MR) is 78.5 cm³/mol. The van der Waals surface area contributed by atoms with E-state index in [9.17, 15) is 0 Å². The number of nitrogens with two attached hydrogens (primary N) is 1. The van der Waals surface area contributed by atoms with Crippen molar-refractivity contribution in [2.75, 3.05) is 13.2 Å². The van der Waals surface area contributed by atoms with Crippen LogP contribution in [0.4, 0.5) is 0 Å². The van der Waals surface area contributed by atoms with Gasteiger partial charge in [0.2, 0.25) is 0 Å². The predicted octanol–water partition coefficient (Wildman–Crippen LogP) is 3.53. The summed E-state index contributed by atoms with van der Waals surface area (Å²) in [4.78, 5) is 0. The van der Waals surface area contributed by atoms with Crippen molar-refractivity contribution in [2.45, 2.75) is 39.7 Å². The Balaban J connectivity index is 3.02. The Morgan fingerprint density at radius 1 is 1.17 bits per heavy atom. The molecule has 1 atom stereocenters. The summed E-state index contributed by atoms with van der Waals surface area (Å²) in [6, 6.07) is 4.27. The van der Waals surface area contributed by atoms with E-state index >= 15 is 0 Å². The second kappa shape index (κ2) is 7.64. The molecule has 2 N–H and O–H groups in total. The third kappa shape index (κ3) is 4.18. The van der Waals surface area contributed by atoms with Gasteiger partial charge >= 0.3 is 0 Å². The van der Waals surface area contributed by atoms with E-state index in [2.05, 4.69) is 28.9 Å². The Kier molecular flexibility index (Phi) is 6.50. The van der Waals surface area contributed by atoms with Crippen LogP contribution in [-0.2, 0) is 6.42 Å². The first-order chi connectivity index (χ1) is 8.62. The Labute approximate surface area is 118 Å². The highest BCUT2D eigenvalue weighted by Crippen LogP contribution is 2.37. The maximum atomic E-state index is 5.99. The van der Waals surface area contributed by atoms with Crippen molar-refractivity contribution < 1.29 is 9.47 Å². The van der Waals surface area contributed by atoms with Crippen LogP contribution in [0.15, 0.2) is 16.6 Å². The maximum Gasteiger partial charge on any atom is 0.175 e. The molecule has 1 aromatic carbocycles. The molecule has 0 spiro atoms. The van der Waals surface area contributed by atoms with Gasteiger partial charge in [0, 0.05) is 6.04 Å². The molecule has 1 aromatic rings. The van der Waals surface area contributed by atoms with E-state index in [0.29, 0.717) is 13.2 Å². The molecule has 0 aromatic heterocycles. The highest BCUT2D eigenvalue weighted by Gasteiger charge is 2.13. The molecule has 1 rings (SSSR count). The highest BCUT2D eigenvalue weighted by atomic mass is 79.9. The zero-order valence-electron chi connectivity index (χ0n) is 11.3. The smallest absolute Gasteiger partial charge is 0.175 e. The maximum absolute atomic E-state index is 5.99. The van der Waals surface area contributed by atoms with Crippen LogP contribution in [0.25, 0.3) is 0 Å². The summed E-state index contributed by atoms with van der Waals surface area (Å²) in [6.45, 7) is 7.26. The first-order valence-electron chi connectivity index (χ1n) is 6.45. The number of rotatable bonds is 7. The molecule has 0 amide bonds. The van der Waals surface area contributed by atoms with E-state index in [1.54, 1.807) is 0 Å². The van der Waals surface area contributed by atoms with Crippen LogP contribution < -0.4 is 15.2 Å². The van der Waals surface area contributed by atoms with E-state index in [4.69, 9.17) is 15.2 Å². The van der Waals surface area contributed by atoms with E-state index in [1.165, 1.54) is 5.56 Å². The van der Waals surface area contributed by atoms with Crippen molar-refractivity contribution >= 4 is 15.9 Å².